The summed E-state index contributed by atoms with van der Waals surface area (Å²) in [5, 5.41) is 12.3. The van der Waals surface area contributed by atoms with Crippen molar-refractivity contribution >= 4 is 11.3 Å². The maximum atomic E-state index is 10.2. The Balaban J connectivity index is 2.02. The molecule has 1 aromatic rings. The van der Waals surface area contributed by atoms with E-state index in [1.165, 1.54) is 10.4 Å². The summed E-state index contributed by atoms with van der Waals surface area (Å²) < 4.78 is 0. The monoisotopic (exact) mass is 206 g/mol. The minimum absolute atomic E-state index is 0.208. The molecule has 0 aliphatic heterocycles. The van der Waals surface area contributed by atoms with E-state index >= 15 is 0 Å². The molecule has 0 spiro atoms. The molecule has 1 aromatic heterocycles. The van der Waals surface area contributed by atoms with Crippen molar-refractivity contribution < 1.29 is 5.11 Å². The summed E-state index contributed by atoms with van der Waals surface area (Å²) in [4.78, 5) is 1.39. The summed E-state index contributed by atoms with van der Waals surface area (Å²) in [5.74, 6) is 1.06. The van der Waals surface area contributed by atoms with Gasteiger partial charge in [0.2, 0.25) is 0 Å². The lowest BCUT2D eigenvalue weighted by Gasteiger charge is -2.36. The third-order valence-corrected chi connectivity index (χ3v) is 4.48. The van der Waals surface area contributed by atoms with Gasteiger partial charge in [-0.15, -0.1) is 11.3 Å². The van der Waals surface area contributed by atoms with E-state index in [-0.39, 0.29) is 6.10 Å². The van der Waals surface area contributed by atoms with Gasteiger partial charge in [0.15, 0.2) is 0 Å². The second-order valence-electron chi connectivity index (χ2n) is 4.28. The SMILES string of the molecule is OC1c2ccsc2CC2C=CCCC21. The van der Waals surface area contributed by atoms with Gasteiger partial charge in [0.1, 0.15) is 0 Å². The maximum Gasteiger partial charge on any atom is 0.0834 e. The lowest BCUT2D eigenvalue weighted by atomic mass is 9.72. The van der Waals surface area contributed by atoms with Gasteiger partial charge in [-0.2, -0.15) is 0 Å². The van der Waals surface area contributed by atoms with Gasteiger partial charge in [0, 0.05) is 4.88 Å². The van der Waals surface area contributed by atoms with Crippen LogP contribution in [-0.4, -0.2) is 5.11 Å². The number of aliphatic hydroxyl groups excluding tert-OH is 1. The van der Waals surface area contributed by atoms with Crippen LogP contribution >= 0.6 is 11.3 Å². The normalized spacial score (nSPS) is 35.1. The summed E-state index contributed by atoms with van der Waals surface area (Å²) in [7, 11) is 0. The molecule has 3 rings (SSSR count). The van der Waals surface area contributed by atoms with E-state index in [9.17, 15) is 5.11 Å². The zero-order valence-electron chi connectivity index (χ0n) is 8.02. The molecule has 0 radical (unpaired) electrons. The zero-order chi connectivity index (χ0) is 9.54. The van der Waals surface area contributed by atoms with Crippen molar-refractivity contribution in [2.24, 2.45) is 11.8 Å². The van der Waals surface area contributed by atoms with Crippen molar-refractivity contribution in [2.45, 2.75) is 25.4 Å². The van der Waals surface area contributed by atoms with Crippen LogP contribution in [0.15, 0.2) is 23.6 Å². The molecule has 0 saturated carbocycles. The number of rotatable bonds is 0. The summed E-state index contributed by atoms with van der Waals surface area (Å²) in [6.07, 6.45) is 7.80. The predicted molar refractivity (Wildman–Crippen MR) is 58.3 cm³/mol. The molecule has 0 bridgehead atoms. The molecule has 0 saturated heterocycles. The van der Waals surface area contributed by atoms with Gasteiger partial charge in [-0.1, -0.05) is 12.2 Å². The first-order chi connectivity index (χ1) is 6.86. The lowest BCUT2D eigenvalue weighted by molar-refractivity contribution is 0.0659. The number of allylic oxidation sites excluding steroid dienone is 2. The van der Waals surface area contributed by atoms with Gasteiger partial charge in [0.25, 0.3) is 0 Å². The minimum atomic E-state index is -0.208. The zero-order valence-corrected chi connectivity index (χ0v) is 8.83. The molecule has 0 aromatic carbocycles. The van der Waals surface area contributed by atoms with Gasteiger partial charge < -0.3 is 5.11 Å². The Kier molecular flexibility index (Phi) is 1.99. The molecule has 1 N–H and O–H groups in total. The van der Waals surface area contributed by atoms with Gasteiger partial charge in [-0.3, -0.25) is 0 Å². The number of hydrogen-bond donors (Lipinski definition) is 1. The topological polar surface area (TPSA) is 20.2 Å². The number of fused-ring (bicyclic) bond motifs is 2. The van der Waals surface area contributed by atoms with Crippen LogP contribution < -0.4 is 0 Å². The van der Waals surface area contributed by atoms with E-state index in [1.807, 2.05) is 0 Å². The van der Waals surface area contributed by atoms with E-state index in [4.69, 9.17) is 0 Å². The minimum Gasteiger partial charge on any atom is -0.388 e. The maximum absolute atomic E-state index is 10.2. The number of thiophene rings is 1. The van der Waals surface area contributed by atoms with Gasteiger partial charge in [-0.05, 0) is 48.1 Å². The molecular weight excluding hydrogens is 192 g/mol. The fourth-order valence-electron chi connectivity index (χ4n) is 2.75. The van der Waals surface area contributed by atoms with Crippen molar-refractivity contribution in [3.63, 3.8) is 0 Å². The van der Waals surface area contributed by atoms with Crippen LogP contribution in [0.25, 0.3) is 0 Å². The van der Waals surface area contributed by atoms with Crippen molar-refractivity contribution in [3.8, 4) is 0 Å². The second-order valence-corrected chi connectivity index (χ2v) is 5.28. The molecule has 0 fully saturated rings. The molecule has 0 amide bonds. The average Bonchev–Trinajstić information content (AvgIpc) is 2.66. The van der Waals surface area contributed by atoms with Crippen molar-refractivity contribution in [1.29, 1.82) is 0 Å². The fourth-order valence-corrected chi connectivity index (χ4v) is 3.75. The first-order valence-corrected chi connectivity index (χ1v) is 6.15. The summed E-state index contributed by atoms with van der Waals surface area (Å²) in [5.41, 5.74) is 1.20. The number of hydrogen-bond acceptors (Lipinski definition) is 2. The predicted octanol–water partition coefficient (Wildman–Crippen LogP) is 2.92. The molecular formula is C12H14OS. The van der Waals surface area contributed by atoms with Gasteiger partial charge in [-0.25, -0.2) is 0 Å². The molecule has 2 aliphatic carbocycles. The van der Waals surface area contributed by atoms with E-state index in [0.717, 1.165) is 19.3 Å². The summed E-state index contributed by atoms with van der Waals surface area (Å²) in [6.45, 7) is 0. The van der Waals surface area contributed by atoms with Crippen LogP contribution in [0, 0.1) is 11.8 Å². The lowest BCUT2D eigenvalue weighted by Crippen LogP contribution is -2.29. The van der Waals surface area contributed by atoms with Gasteiger partial charge in [0.05, 0.1) is 6.10 Å². The molecule has 74 valence electrons. The van der Waals surface area contributed by atoms with Crippen LogP contribution in [0.4, 0.5) is 0 Å². The molecule has 1 heterocycles. The smallest absolute Gasteiger partial charge is 0.0834 e. The Hall–Kier alpha value is -0.600. The Bertz CT molecular complexity index is 366. The standard InChI is InChI=1S/C12H14OS/c13-12-9-4-2-1-3-8(9)7-11-10(12)5-6-14-11/h1,3,5-6,8-9,12-13H,2,4,7H2. The Morgan fingerprint density at radius 1 is 1.43 bits per heavy atom. The van der Waals surface area contributed by atoms with Crippen LogP contribution in [0.5, 0.6) is 0 Å². The molecule has 2 aliphatic rings. The van der Waals surface area contributed by atoms with E-state index in [2.05, 4.69) is 23.6 Å². The van der Waals surface area contributed by atoms with Crippen LogP contribution in [-0.2, 0) is 6.42 Å². The third-order valence-electron chi connectivity index (χ3n) is 3.53. The molecule has 2 heteroatoms. The average molecular weight is 206 g/mol. The van der Waals surface area contributed by atoms with Crippen molar-refractivity contribution in [2.75, 3.05) is 0 Å². The highest BCUT2D eigenvalue weighted by Gasteiger charge is 2.35. The van der Waals surface area contributed by atoms with E-state index in [1.54, 1.807) is 11.3 Å². The number of aliphatic hydroxyl groups is 1. The first-order valence-electron chi connectivity index (χ1n) is 5.27. The van der Waals surface area contributed by atoms with Crippen LogP contribution in [0.1, 0.15) is 29.4 Å². The van der Waals surface area contributed by atoms with E-state index in [0.29, 0.717) is 11.8 Å². The Labute approximate surface area is 88.1 Å². The largest absolute Gasteiger partial charge is 0.388 e. The van der Waals surface area contributed by atoms with E-state index < -0.39 is 0 Å². The fraction of sp³-hybridized carbons (Fsp3) is 0.500. The van der Waals surface area contributed by atoms with Crippen LogP contribution in [0.3, 0.4) is 0 Å². The van der Waals surface area contributed by atoms with Crippen molar-refractivity contribution in [3.05, 3.63) is 34.0 Å². The highest BCUT2D eigenvalue weighted by atomic mass is 32.1. The highest BCUT2D eigenvalue weighted by Crippen LogP contribution is 2.44. The molecule has 3 atom stereocenters. The first kappa shape index (κ1) is 8.69. The van der Waals surface area contributed by atoms with Gasteiger partial charge >= 0.3 is 0 Å². The Morgan fingerprint density at radius 3 is 3.29 bits per heavy atom. The highest BCUT2D eigenvalue weighted by molar-refractivity contribution is 7.10. The second kappa shape index (κ2) is 3.21. The van der Waals surface area contributed by atoms with Crippen molar-refractivity contribution in [1.82, 2.24) is 0 Å². The Morgan fingerprint density at radius 2 is 2.36 bits per heavy atom. The molecule has 1 nitrogen and oxygen atoms in total. The quantitative estimate of drug-likeness (QED) is 0.647. The molecule has 14 heavy (non-hydrogen) atoms. The third kappa shape index (κ3) is 1.17. The molecule has 3 unspecified atom stereocenters. The van der Waals surface area contributed by atoms with Crippen LogP contribution in [0.2, 0.25) is 0 Å². The summed E-state index contributed by atoms with van der Waals surface area (Å²) >= 11 is 1.79. The summed E-state index contributed by atoms with van der Waals surface area (Å²) in [6, 6.07) is 2.10.